The highest BCUT2D eigenvalue weighted by atomic mass is 32.2. The lowest BCUT2D eigenvalue weighted by Crippen LogP contribution is -2.36. The average Bonchev–Trinajstić information content (AvgIpc) is 2.82. The second kappa shape index (κ2) is 9.68. The van der Waals surface area contributed by atoms with Gasteiger partial charge in [-0.05, 0) is 54.8 Å². The number of rotatable bonds is 6. The first-order valence-electron chi connectivity index (χ1n) is 10.7. The van der Waals surface area contributed by atoms with E-state index >= 15 is 0 Å². The fourth-order valence-corrected chi connectivity index (χ4v) is 5.38. The molecule has 0 saturated carbocycles. The summed E-state index contributed by atoms with van der Waals surface area (Å²) >= 11 is 0. The summed E-state index contributed by atoms with van der Waals surface area (Å²) in [7, 11) is -4.01. The maximum Gasteiger partial charge on any atom is 0.255 e. The van der Waals surface area contributed by atoms with Gasteiger partial charge in [-0.2, -0.15) is 4.31 Å². The van der Waals surface area contributed by atoms with Crippen LogP contribution in [0.5, 0.6) is 0 Å². The van der Waals surface area contributed by atoms with Crippen molar-refractivity contribution in [3.8, 4) is 0 Å². The Kier molecular flexibility index (Phi) is 6.71. The summed E-state index contributed by atoms with van der Waals surface area (Å²) in [5.41, 5.74) is 1.31. The van der Waals surface area contributed by atoms with Crippen LogP contribution in [0.4, 0.5) is 10.1 Å². The van der Waals surface area contributed by atoms with Crippen molar-refractivity contribution in [3.05, 3.63) is 94.2 Å². The lowest BCUT2D eigenvalue weighted by atomic mass is 10.1. The minimum absolute atomic E-state index is 0.0481. The van der Waals surface area contributed by atoms with Crippen LogP contribution in [0.15, 0.2) is 76.6 Å². The highest BCUT2D eigenvalue weighted by Crippen LogP contribution is 2.24. The fraction of sp³-hybridized carbons (Fsp3) is 0.250. The van der Waals surface area contributed by atoms with Gasteiger partial charge >= 0.3 is 0 Å². The van der Waals surface area contributed by atoms with Gasteiger partial charge in [-0.15, -0.1) is 0 Å². The van der Waals surface area contributed by atoms with Crippen molar-refractivity contribution >= 4 is 21.6 Å². The minimum Gasteiger partial charge on any atom is -0.322 e. The summed E-state index contributed by atoms with van der Waals surface area (Å²) in [6, 6.07) is 15.2. The molecule has 1 aliphatic rings. The van der Waals surface area contributed by atoms with E-state index in [-0.39, 0.29) is 11.1 Å². The van der Waals surface area contributed by atoms with Crippen LogP contribution in [0.1, 0.15) is 35.2 Å². The summed E-state index contributed by atoms with van der Waals surface area (Å²) in [5.74, 6) is -1.42. The van der Waals surface area contributed by atoms with Crippen LogP contribution in [0, 0.1) is 5.82 Å². The number of carbonyl (C=O) groups is 1. The quantitative estimate of drug-likeness (QED) is 0.599. The number of aromatic nitrogens is 1. The molecule has 0 spiro atoms. The summed E-state index contributed by atoms with van der Waals surface area (Å²) in [4.78, 5) is 24.1. The molecule has 1 aliphatic heterocycles. The molecule has 9 heteroatoms. The number of pyridine rings is 1. The smallest absolute Gasteiger partial charge is 0.255 e. The van der Waals surface area contributed by atoms with Gasteiger partial charge in [0.15, 0.2) is 0 Å². The first-order valence-corrected chi connectivity index (χ1v) is 12.1. The van der Waals surface area contributed by atoms with Crippen molar-refractivity contribution in [3.63, 3.8) is 0 Å². The van der Waals surface area contributed by atoms with Crippen molar-refractivity contribution in [1.29, 1.82) is 0 Å². The van der Waals surface area contributed by atoms with Crippen molar-refractivity contribution in [2.45, 2.75) is 30.7 Å². The first kappa shape index (κ1) is 22.9. The topological polar surface area (TPSA) is 88.5 Å². The molecule has 4 rings (SSSR count). The number of halogens is 1. The fourth-order valence-electron chi connectivity index (χ4n) is 3.77. The Morgan fingerprint density at radius 2 is 1.70 bits per heavy atom. The molecule has 1 N–H and O–H groups in total. The summed E-state index contributed by atoms with van der Waals surface area (Å²) in [6.45, 7) is 1.09. The molecule has 1 saturated heterocycles. The second-order valence-electron chi connectivity index (χ2n) is 7.93. The zero-order valence-corrected chi connectivity index (χ0v) is 18.7. The van der Waals surface area contributed by atoms with Gasteiger partial charge in [0.1, 0.15) is 10.7 Å². The molecular weight excluding hydrogens is 445 g/mol. The Morgan fingerprint density at radius 3 is 2.39 bits per heavy atom. The van der Waals surface area contributed by atoms with E-state index in [0.29, 0.717) is 25.3 Å². The predicted molar refractivity (Wildman–Crippen MR) is 123 cm³/mol. The van der Waals surface area contributed by atoms with Gasteiger partial charge in [0.05, 0.1) is 6.54 Å². The molecule has 0 radical (unpaired) electrons. The third-order valence-electron chi connectivity index (χ3n) is 5.59. The van der Waals surface area contributed by atoms with E-state index in [1.807, 2.05) is 0 Å². The standard InChI is InChI=1S/C24H24FN3O4S/c25-21-12-9-19(16-22(21)33(31,32)28-14-3-1-4-15-28)24(30)26-20-10-7-18(8-11-20)17-27-13-5-2-6-23(27)29/h2,5-13,16H,1,3-4,14-15,17H2,(H,26,30). The summed E-state index contributed by atoms with van der Waals surface area (Å²) < 4.78 is 43.0. The number of carbonyl (C=O) groups excluding carboxylic acids is 1. The molecule has 0 aliphatic carbocycles. The van der Waals surface area contributed by atoms with Gasteiger partial charge in [-0.25, -0.2) is 12.8 Å². The Labute approximate surface area is 191 Å². The van der Waals surface area contributed by atoms with Crippen molar-refractivity contribution in [2.24, 2.45) is 0 Å². The van der Waals surface area contributed by atoms with E-state index in [1.54, 1.807) is 47.2 Å². The van der Waals surface area contributed by atoms with Gasteiger partial charge in [0.2, 0.25) is 10.0 Å². The molecule has 1 fully saturated rings. The number of anilines is 1. The largest absolute Gasteiger partial charge is 0.322 e. The number of hydrogen-bond donors (Lipinski definition) is 1. The number of nitrogens with zero attached hydrogens (tertiary/aromatic N) is 2. The third-order valence-corrected chi connectivity index (χ3v) is 7.50. The van der Waals surface area contributed by atoms with Crippen molar-refractivity contribution in [1.82, 2.24) is 8.87 Å². The Morgan fingerprint density at radius 1 is 0.970 bits per heavy atom. The summed E-state index contributed by atoms with van der Waals surface area (Å²) in [6.07, 6.45) is 4.10. The zero-order chi connectivity index (χ0) is 23.4. The maximum absolute atomic E-state index is 14.4. The van der Waals surface area contributed by atoms with E-state index in [9.17, 15) is 22.4 Å². The minimum atomic E-state index is -4.01. The monoisotopic (exact) mass is 469 g/mol. The molecule has 0 bridgehead atoms. The van der Waals surface area contributed by atoms with E-state index in [0.717, 1.165) is 37.0 Å². The van der Waals surface area contributed by atoms with Crippen LogP contribution in [0.25, 0.3) is 0 Å². The molecule has 2 heterocycles. The zero-order valence-electron chi connectivity index (χ0n) is 17.9. The highest BCUT2D eigenvalue weighted by Gasteiger charge is 2.29. The average molecular weight is 470 g/mol. The number of piperidine rings is 1. The van der Waals surface area contributed by atoms with E-state index in [4.69, 9.17) is 0 Å². The maximum atomic E-state index is 14.4. The van der Waals surface area contributed by atoms with Crippen LogP contribution in [-0.4, -0.2) is 36.3 Å². The Bertz CT molecular complexity index is 1310. The second-order valence-corrected chi connectivity index (χ2v) is 9.83. The normalized spacial score (nSPS) is 14.7. The number of nitrogens with one attached hydrogen (secondary N) is 1. The van der Waals surface area contributed by atoms with Crippen LogP contribution < -0.4 is 10.9 Å². The van der Waals surface area contributed by atoms with Gasteiger partial charge in [0, 0.05) is 36.6 Å². The van der Waals surface area contributed by atoms with E-state index in [1.165, 1.54) is 16.4 Å². The van der Waals surface area contributed by atoms with Gasteiger partial charge in [0.25, 0.3) is 11.5 Å². The number of sulfonamides is 1. The Hall–Kier alpha value is -3.30. The van der Waals surface area contributed by atoms with Crippen LogP contribution in [0.2, 0.25) is 0 Å². The molecule has 1 aromatic heterocycles. The van der Waals surface area contributed by atoms with Gasteiger partial charge in [-0.3, -0.25) is 9.59 Å². The molecule has 33 heavy (non-hydrogen) atoms. The number of amides is 1. The molecule has 7 nitrogen and oxygen atoms in total. The molecule has 0 unspecified atom stereocenters. The molecule has 172 valence electrons. The molecule has 0 atom stereocenters. The van der Waals surface area contributed by atoms with Crippen molar-refractivity contribution in [2.75, 3.05) is 18.4 Å². The van der Waals surface area contributed by atoms with E-state index in [2.05, 4.69) is 5.32 Å². The van der Waals surface area contributed by atoms with Crippen LogP contribution in [0.3, 0.4) is 0 Å². The lowest BCUT2D eigenvalue weighted by Gasteiger charge is -2.26. The van der Waals surface area contributed by atoms with Gasteiger partial charge < -0.3 is 9.88 Å². The van der Waals surface area contributed by atoms with Crippen LogP contribution >= 0.6 is 0 Å². The number of hydrogen-bond acceptors (Lipinski definition) is 4. The third kappa shape index (κ3) is 5.20. The van der Waals surface area contributed by atoms with Crippen molar-refractivity contribution < 1.29 is 17.6 Å². The molecular formula is C24H24FN3O4S. The van der Waals surface area contributed by atoms with Crippen LogP contribution in [-0.2, 0) is 16.6 Å². The Balaban J connectivity index is 1.49. The molecule has 1 amide bonds. The number of benzene rings is 2. The molecule has 3 aromatic rings. The first-order chi connectivity index (χ1) is 15.8. The van der Waals surface area contributed by atoms with Gasteiger partial charge in [-0.1, -0.05) is 24.6 Å². The molecule has 2 aromatic carbocycles. The summed E-state index contributed by atoms with van der Waals surface area (Å²) in [5, 5.41) is 2.70. The van der Waals surface area contributed by atoms with E-state index < -0.39 is 26.6 Å². The SMILES string of the molecule is O=C(Nc1ccc(Cn2ccccc2=O)cc1)c1ccc(F)c(S(=O)(=O)N2CCCCC2)c1. The lowest BCUT2D eigenvalue weighted by molar-refractivity contribution is 0.102. The predicted octanol–water partition coefficient (Wildman–Crippen LogP) is 3.46. The highest BCUT2D eigenvalue weighted by molar-refractivity contribution is 7.89.